The lowest BCUT2D eigenvalue weighted by Gasteiger charge is -2.01. The van der Waals surface area contributed by atoms with Gasteiger partial charge in [0.1, 0.15) is 0 Å². The number of alkyl halides is 3. The lowest BCUT2D eigenvalue weighted by atomic mass is 10.2. The summed E-state index contributed by atoms with van der Waals surface area (Å²) in [6, 6.07) is 8.71. The molecule has 0 aliphatic heterocycles. The molecule has 5 nitrogen and oxygen atoms in total. The second-order valence-electron chi connectivity index (χ2n) is 4.20. The van der Waals surface area contributed by atoms with Gasteiger partial charge in [0.15, 0.2) is 11.6 Å². The van der Waals surface area contributed by atoms with Crippen molar-refractivity contribution >= 4 is 0 Å². The summed E-state index contributed by atoms with van der Waals surface area (Å²) in [5.74, 6) is -1.51. The molecule has 0 spiro atoms. The molecule has 0 aliphatic rings. The third-order valence-electron chi connectivity index (χ3n) is 2.65. The maximum absolute atomic E-state index is 12.9. The number of hydrogen-bond acceptors (Lipinski definition) is 5. The highest BCUT2D eigenvalue weighted by atomic mass is 19.4. The first-order valence-corrected chi connectivity index (χ1v) is 5.89. The highest BCUT2D eigenvalue weighted by Gasteiger charge is 2.41. The zero-order valence-corrected chi connectivity index (χ0v) is 10.7. The van der Waals surface area contributed by atoms with Gasteiger partial charge in [0, 0.05) is 12.5 Å². The minimum Gasteiger partial charge on any atom is -0.436 e. The Hall–Kier alpha value is -2.64. The fourth-order valence-corrected chi connectivity index (χ4v) is 1.79. The molecular weight excluding hydrogens is 287 g/mol. The molecule has 0 atom stereocenters. The second-order valence-corrected chi connectivity index (χ2v) is 4.20. The van der Waals surface area contributed by atoms with E-state index < -0.39 is 17.6 Å². The Morgan fingerprint density at radius 2 is 1.76 bits per heavy atom. The molecule has 0 N–H and O–H groups in total. The van der Waals surface area contributed by atoms with Crippen LogP contribution in [-0.4, -0.2) is 15.1 Å². The Morgan fingerprint density at radius 3 is 2.43 bits per heavy atom. The molecule has 2 heterocycles. The van der Waals surface area contributed by atoms with Crippen molar-refractivity contribution in [2.45, 2.75) is 13.1 Å². The van der Waals surface area contributed by atoms with Crippen LogP contribution in [0.15, 0.2) is 39.3 Å². The molecule has 0 saturated carbocycles. The van der Waals surface area contributed by atoms with Crippen molar-refractivity contribution in [1.82, 2.24) is 15.1 Å². The summed E-state index contributed by atoms with van der Waals surface area (Å²) in [5.41, 5.74) is 0.121. The van der Waals surface area contributed by atoms with E-state index in [4.69, 9.17) is 4.52 Å². The summed E-state index contributed by atoms with van der Waals surface area (Å²) >= 11 is 0. The normalized spacial score (nSPS) is 11.8. The minimum atomic E-state index is -4.68. The predicted octanol–water partition coefficient (Wildman–Crippen LogP) is 3.72. The Balaban J connectivity index is 2.05. The lowest BCUT2D eigenvalue weighted by molar-refractivity contribution is -0.152. The molecule has 2 aromatic heterocycles. The van der Waals surface area contributed by atoms with E-state index in [0.717, 1.165) is 0 Å². The van der Waals surface area contributed by atoms with Crippen LogP contribution in [0.4, 0.5) is 13.2 Å². The number of hydrogen-bond donors (Lipinski definition) is 0. The topological polar surface area (TPSA) is 65.0 Å². The molecule has 21 heavy (non-hydrogen) atoms. The highest BCUT2D eigenvalue weighted by molar-refractivity contribution is 5.58. The van der Waals surface area contributed by atoms with Crippen molar-refractivity contribution in [2.24, 2.45) is 0 Å². The van der Waals surface area contributed by atoms with Crippen molar-refractivity contribution in [3.8, 4) is 23.0 Å². The van der Waals surface area contributed by atoms with E-state index in [9.17, 15) is 13.2 Å². The molecular formula is C13H8F3N3O2. The number of nitrogens with zero attached hydrogens (tertiary/aromatic N) is 3. The number of rotatable bonds is 2. The molecule has 0 bridgehead atoms. The zero-order valence-electron chi connectivity index (χ0n) is 10.7. The third kappa shape index (κ3) is 2.51. The summed E-state index contributed by atoms with van der Waals surface area (Å²) in [5, 5.41) is 3.54. The average molecular weight is 295 g/mol. The molecule has 3 aromatic rings. The van der Waals surface area contributed by atoms with E-state index in [2.05, 4.69) is 19.5 Å². The van der Waals surface area contributed by atoms with Gasteiger partial charge < -0.3 is 8.94 Å². The van der Waals surface area contributed by atoms with Crippen molar-refractivity contribution < 1.29 is 22.1 Å². The van der Waals surface area contributed by atoms with E-state index in [-0.39, 0.29) is 17.6 Å². The largest absolute Gasteiger partial charge is 0.452 e. The molecule has 0 amide bonds. The van der Waals surface area contributed by atoms with Crippen LogP contribution in [0.25, 0.3) is 23.0 Å². The number of oxazole rings is 1. The number of aromatic nitrogens is 3. The molecule has 8 heteroatoms. The van der Waals surface area contributed by atoms with Crippen LogP contribution in [0, 0.1) is 6.92 Å². The maximum Gasteiger partial charge on any atom is 0.452 e. The fourth-order valence-electron chi connectivity index (χ4n) is 1.79. The molecule has 0 fully saturated rings. The standard InChI is InChI=1S/C13H8F3N3O2/c1-7-17-9(10(20-7)13(14,15)16)11-18-12(21-19-11)8-5-3-2-4-6-8/h2-6H,1H3. The van der Waals surface area contributed by atoms with E-state index >= 15 is 0 Å². The molecule has 0 aliphatic carbocycles. The quantitative estimate of drug-likeness (QED) is 0.721. The van der Waals surface area contributed by atoms with E-state index in [0.29, 0.717) is 5.56 Å². The van der Waals surface area contributed by atoms with Gasteiger partial charge in [-0.1, -0.05) is 23.4 Å². The number of aryl methyl sites for hydroxylation is 1. The monoisotopic (exact) mass is 295 g/mol. The van der Waals surface area contributed by atoms with Gasteiger partial charge in [0.25, 0.3) is 5.89 Å². The van der Waals surface area contributed by atoms with Crippen LogP contribution in [-0.2, 0) is 6.18 Å². The van der Waals surface area contributed by atoms with Gasteiger partial charge in [-0.3, -0.25) is 0 Å². The van der Waals surface area contributed by atoms with Crippen LogP contribution in [0.3, 0.4) is 0 Å². The van der Waals surface area contributed by atoms with E-state index in [1.807, 2.05) is 0 Å². The summed E-state index contributed by atoms with van der Waals surface area (Å²) in [6.07, 6.45) is -4.68. The molecule has 3 rings (SSSR count). The van der Waals surface area contributed by atoms with Crippen LogP contribution in [0.2, 0.25) is 0 Å². The Kier molecular flexibility index (Phi) is 3.00. The van der Waals surface area contributed by atoms with Gasteiger partial charge in [-0.25, -0.2) is 4.98 Å². The van der Waals surface area contributed by atoms with Crippen LogP contribution >= 0.6 is 0 Å². The Morgan fingerprint density at radius 1 is 1.05 bits per heavy atom. The molecule has 0 unspecified atom stereocenters. The summed E-state index contributed by atoms with van der Waals surface area (Å²) in [6.45, 7) is 1.32. The first-order chi connectivity index (χ1) is 9.95. The van der Waals surface area contributed by atoms with Crippen LogP contribution in [0.5, 0.6) is 0 Å². The maximum atomic E-state index is 12.9. The Bertz CT molecular complexity index is 763. The van der Waals surface area contributed by atoms with Crippen LogP contribution < -0.4 is 0 Å². The van der Waals surface area contributed by atoms with Gasteiger partial charge in [0.05, 0.1) is 0 Å². The first kappa shape index (κ1) is 13.3. The number of halogens is 3. The van der Waals surface area contributed by atoms with E-state index in [1.165, 1.54) is 6.92 Å². The minimum absolute atomic E-state index is 0.111. The summed E-state index contributed by atoms with van der Waals surface area (Å²) < 4.78 is 48.1. The smallest absolute Gasteiger partial charge is 0.436 e. The van der Waals surface area contributed by atoms with Crippen LogP contribution in [0.1, 0.15) is 11.7 Å². The van der Waals surface area contributed by atoms with Crippen molar-refractivity contribution in [3.63, 3.8) is 0 Å². The predicted molar refractivity (Wildman–Crippen MR) is 65.0 cm³/mol. The van der Waals surface area contributed by atoms with Gasteiger partial charge in [-0.05, 0) is 12.1 Å². The van der Waals surface area contributed by atoms with E-state index in [1.54, 1.807) is 30.3 Å². The van der Waals surface area contributed by atoms with Gasteiger partial charge in [-0.2, -0.15) is 18.2 Å². The highest BCUT2D eigenvalue weighted by Crippen LogP contribution is 2.36. The third-order valence-corrected chi connectivity index (χ3v) is 2.65. The summed E-state index contributed by atoms with van der Waals surface area (Å²) in [7, 11) is 0. The summed E-state index contributed by atoms with van der Waals surface area (Å²) in [4.78, 5) is 7.62. The second kappa shape index (κ2) is 4.72. The van der Waals surface area contributed by atoms with Crippen molar-refractivity contribution in [3.05, 3.63) is 42.0 Å². The molecule has 0 saturated heterocycles. The van der Waals surface area contributed by atoms with Gasteiger partial charge >= 0.3 is 6.18 Å². The van der Waals surface area contributed by atoms with Gasteiger partial charge in [0.2, 0.25) is 11.6 Å². The number of benzene rings is 1. The fraction of sp³-hybridized carbons (Fsp3) is 0.154. The first-order valence-electron chi connectivity index (χ1n) is 5.89. The van der Waals surface area contributed by atoms with Crippen molar-refractivity contribution in [2.75, 3.05) is 0 Å². The van der Waals surface area contributed by atoms with Crippen molar-refractivity contribution in [1.29, 1.82) is 0 Å². The zero-order chi connectivity index (χ0) is 15.0. The van der Waals surface area contributed by atoms with Gasteiger partial charge in [-0.15, -0.1) is 0 Å². The molecule has 0 radical (unpaired) electrons. The molecule has 1 aromatic carbocycles. The lowest BCUT2D eigenvalue weighted by Crippen LogP contribution is -2.05. The Labute approximate surface area is 116 Å². The SMILES string of the molecule is Cc1nc(-c2noc(-c3ccccc3)n2)c(C(F)(F)F)o1. The molecule has 108 valence electrons. The average Bonchev–Trinajstić information content (AvgIpc) is 3.05.